The lowest BCUT2D eigenvalue weighted by atomic mass is 9.98. The zero-order chi connectivity index (χ0) is 12.6. The van der Waals surface area contributed by atoms with Crippen LogP contribution in [0.25, 0.3) is 0 Å². The number of ether oxygens (including phenoxy) is 1. The van der Waals surface area contributed by atoms with Crippen molar-refractivity contribution in [2.24, 2.45) is 0 Å². The maximum atomic E-state index is 5.08. The zero-order valence-corrected chi connectivity index (χ0v) is 11.9. The number of rotatable bonds is 7. The summed E-state index contributed by atoms with van der Waals surface area (Å²) in [7, 11) is 1.78. The highest BCUT2D eigenvalue weighted by molar-refractivity contribution is 4.87. The third-order valence-corrected chi connectivity index (χ3v) is 3.88. The summed E-state index contributed by atoms with van der Waals surface area (Å²) in [5, 5.41) is 3.69. The van der Waals surface area contributed by atoms with E-state index in [9.17, 15) is 0 Å². The minimum absolute atomic E-state index is 0.322. The standard InChI is InChI=1S/C14H30N2O/c1-4-14(2)13-16(11-8-9-15-14)10-6-5-7-12-17-3/h15H,4-13H2,1-3H3. The van der Waals surface area contributed by atoms with Crippen molar-refractivity contribution in [1.29, 1.82) is 0 Å². The smallest absolute Gasteiger partial charge is 0.0462 e. The van der Waals surface area contributed by atoms with Crippen molar-refractivity contribution in [3.63, 3.8) is 0 Å². The van der Waals surface area contributed by atoms with Crippen LogP contribution in [0.1, 0.15) is 46.0 Å². The molecule has 1 N–H and O–H groups in total. The molecule has 0 amide bonds. The average molecular weight is 242 g/mol. The van der Waals surface area contributed by atoms with Gasteiger partial charge in [0, 0.05) is 25.8 Å². The summed E-state index contributed by atoms with van der Waals surface area (Å²) >= 11 is 0. The van der Waals surface area contributed by atoms with Crippen molar-refractivity contribution in [1.82, 2.24) is 10.2 Å². The van der Waals surface area contributed by atoms with Crippen LogP contribution in [-0.4, -0.2) is 50.3 Å². The Morgan fingerprint density at radius 3 is 2.82 bits per heavy atom. The fourth-order valence-electron chi connectivity index (χ4n) is 2.51. The van der Waals surface area contributed by atoms with Gasteiger partial charge in [0.15, 0.2) is 0 Å². The van der Waals surface area contributed by atoms with E-state index in [4.69, 9.17) is 4.74 Å². The molecule has 1 saturated heterocycles. The number of hydrogen-bond acceptors (Lipinski definition) is 3. The van der Waals surface area contributed by atoms with Gasteiger partial charge in [-0.05, 0) is 58.7 Å². The van der Waals surface area contributed by atoms with Gasteiger partial charge in [-0.2, -0.15) is 0 Å². The van der Waals surface area contributed by atoms with Crippen LogP contribution in [0.3, 0.4) is 0 Å². The molecule has 1 fully saturated rings. The summed E-state index contributed by atoms with van der Waals surface area (Å²) in [6.07, 6.45) is 6.30. The van der Waals surface area contributed by atoms with E-state index in [2.05, 4.69) is 24.1 Å². The number of nitrogens with zero attached hydrogens (tertiary/aromatic N) is 1. The predicted octanol–water partition coefficient (Wildman–Crippen LogP) is 2.27. The van der Waals surface area contributed by atoms with Crippen LogP contribution >= 0.6 is 0 Å². The summed E-state index contributed by atoms with van der Waals surface area (Å²) in [5.74, 6) is 0. The first-order valence-electron chi connectivity index (χ1n) is 7.16. The summed E-state index contributed by atoms with van der Waals surface area (Å²) < 4.78 is 5.08. The topological polar surface area (TPSA) is 24.5 Å². The van der Waals surface area contributed by atoms with E-state index in [-0.39, 0.29) is 0 Å². The molecule has 0 spiro atoms. The summed E-state index contributed by atoms with van der Waals surface area (Å²) in [6.45, 7) is 10.4. The summed E-state index contributed by atoms with van der Waals surface area (Å²) in [4.78, 5) is 2.64. The number of unbranched alkanes of at least 4 members (excludes halogenated alkanes) is 2. The van der Waals surface area contributed by atoms with Gasteiger partial charge in [-0.3, -0.25) is 0 Å². The van der Waals surface area contributed by atoms with Gasteiger partial charge >= 0.3 is 0 Å². The Bertz CT molecular complexity index is 199. The van der Waals surface area contributed by atoms with Gasteiger partial charge in [0.2, 0.25) is 0 Å². The molecule has 0 saturated carbocycles. The largest absolute Gasteiger partial charge is 0.385 e. The fourth-order valence-corrected chi connectivity index (χ4v) is 2.51. The van der Waals surface area contributed by atoms with E-state index in [1.807, 2.05) is 0 Å². The van der Waals surface area contributed by atoms with Crippen molar-refractivity contribution >= 4 is 0 Å². The van der Waals surface area contributed by atoms with Crippen molar-refractivity contribution in [2.45, 2.75) is 51.5 Å². The number of hydrogen-bond donors (Lipinski definition) is 1. The third-order valence-electron chi connectivity index (χ3n) is 3.88. The predicted molar refractivity (Wildman–Crippen MR) is 73.5 cm³/mol. The Balaban J connectivity index is 2.22. The molecular weight excluding hydrogens is 212 g/mol. The molecule has 17 heavy (non-hydrogen) atoms. The van der Waals surface area contributed by atoms with Gasteiger partial charge in [0.25, 0.3) is 0 Å². The van der Waals surface area contributed by atoms with Crippen LogP contribution in [0.5, 0.6) is 0 Å². The second-order valence-corrected chi connectivity index (χ2v) is 5.52. The maximum absolute atomic E-state index is 5.08. The molecule has 0 aromatic rings. The molecule has 3 nitrogen and oxygen atoms in total. The normalized spacial score (nSPS) is 27.0. The molecule has 1 unspecified atom stereocenters. The van der Waals surface area contributed by atoms with Crippen LogP contribution < -0.4 is 5.32 Å². The minimum atomic E-state index is 0.322. The molecule has 0 bridgehead atoms. The lowest BCUT2D eigenvalue weighted by molar-refractivity contribution is 0.184. The van der Waals surface area contributed by atoms with Gasteiger partial charge in [0.1, 0.15) is 0 Å². The maximum Gasteiger partial charge on any atom is 0.0462 e. The van der Waals surface area contributed by atoms with Crippen LogP contribution in [0.15, 0.2) is 0 Å². The molecule has 102 valence electrons. The first-order valence-corrected chi connectivity index (χ1v) is 7.16. The first-order chi connectivity index (χ1) is 8.20. The van der Waals surface area contributed by atoms with Crippen LogP contribution in [0.2, 0.25) is 0 Å². The Kier molecular flexibility index (Phi) is 7.09. The van der Waals surface area contributed by atoms with E-state index in [1.165, 1.54) is 58.3 Å². The number of methoxy groups -OCH3 is 1. The molecule has 0 aliphatic carbocycles. The molecule has 1 atom stereocenters. The van der Waals surface area contributed by atoms with E-state index >= 15 is 0 Å². The monoisotopic (exact) mass is 242 g/mol. The third kappa shape index (κ3) is 5.84. The quantitative estimate of drug-likeness (QED) is 0.693. The molecule has 1 aliphatic heterocycles. The molecule has 1 heterocycles. The van der Waals surface area contributed by atoms with Crippen LogP contribution in [0.4, 0.5) is 0 Å². The van der Waals surface area contributed by atoms with Crippen molar-refractivity contribution < 1.29 is 4.74 Å². The van der Waals surface area contributed by atoms with Crippen molar-refractivity contribution in [3.8, 4) is 0 Å². The van der Waals surface area contributed by atoms with Gasteiger partial charge in [-0.25, -0.2) is 0 Å². The highest BCUT2D eigenvalue weighted by Crippen LogP contribution is 2.15. The molecular formula is C14H30N2O. The van der Waals surface area contributed by atoms with Crippen LogP contribution in [0, 0.1) is 0 Å². The van der Waals surface area contributed by atoms with Gasteiger partial charge in [-0.15, -0.1) is 0 Å². The number of nitrogens with one attached hydrogen (secondary N) is 1. The van der Waals surface area contributed by atoms with Crippen molar-refractivity contribution in [2.75, 3.05) is 39.9 Å². The highest BCUT2D eigenvalue weighted by Gasteiger charge is 2.26. The molecule has 0 aromatic carbocycles. The highest BCUT2D eigenvalue weighted by atomic mass is 16.5. The summed E-state index contributed by atoms with van der Waals surface area (Å²) in [5.41, 5.74) is 0.322. The summed E-state index contributed by atoms with van der Waals surface area (Å²) in [6, 6.07) is 0. The van der Waals surface area contributed by atoms with Gasteiger partial charge in [0.05, 0.1) is 0 Å². The second kappa shape index (κ2) is 8.06. The lowest BCUT2D eigenvalue weighted by Gasteiger charge is -2.32. The zero-order valence-electron chi connectivity index (χ0n) is 11.9. The molecule has 1 aliphatic rings. The Labute approximate surface area is 107 Å². The molecule has 0 aromatic heterocycles. The lowest BCUT2D eigenvalue weighted by Crippen LogP contribution is -2.48. The Morgan fingerprint density at radius 2 is 2.12 bits per heavy atom. The molecule has 0 radical (unpaired) electrons. The van der Waals surface area contributed by atoms with Gasteiger partial charge < -0.3 is 15.0 Å². The van der Waals surface area contributed by atoms with E-state index in [1.54, 1.807) is 7.11 Å². The van der Waals surface area contributed by atoms with Crippen LogP contribution in [-0.2, 0) is 4.74 Å². The fraction of sp³-hybridized carbons (Fsp3) is 1.00. The SMILES string of the molecule is CCC1(C)CN(CCCCCOC)CCCN1. The second-order valence-electron chi connectivity index (χ2n) is 5.52. The van der Waals surface area contributed by atoms with E-state index < -0.39 is 0 Å². The molecule has 3 heteroatoms. The minimum Gasteiger partial charge on any atom is -0.385 e. The first kappa shape index (κ1) is 14.9. The Morgan fingerprint density at radius 1 is 1.29 bits per heavy atom. The van der Waals surface area contributed by atoms with Crippen molar-refractivity contribution in [3.05, 3.63) is 0 Å². The van der Waals surface area contributed by atoms with E-state index in [0.717, 1.165) is 6.61 Å². The van der Waals surface area contributed by atoms with Gasteiger partial charge in [-0.1, -0.05) is 6.92 Å². The Hall–Kier alpha value is -0.120. The average Bonchev–Trinajstić information content (AvgIpc) is 2.52. The van der Waals surface area contributed by atoms with E-state index in [0.29, 0.717) is 5.54 Å². The molecule has 1 rings (SSSR count).